The van der Waals surface area contributed by atoms with Crippen LogP contribution in [0.4, 0.5) is 10.1 Å². The van der Waals surface area contributed by atoms with Gasteiger partial charge in [-0.05, 0) is 42.7 Å². The summed E-state index contributed by atoms with van der Waals surface area (Å²) >= 11 is 12.0. The van der Waals surface area contributed by atoms with Crippen LogP contribution < -0.4 is 9.47 Å². The number of hydrogen-bond donors (Lipinski definition) is 0. The average Bonchev–Trinajstić information content (AvgIpc) is 2.74. The third-order valence-corrected chi connectivity index (χ3v) is 4.58. The maximum Gasteiger partial charge on any atom is 0.220 e. The molecule has 1 aromatic carbocycles. The molecule has 0 aliphatic carbocycles. The van der Waals surface area contributed by atoms with E-state index in [-0.39, 0.29) is 21.3 Å². The molecule has 0 amide bonds. The van der Waals surface area contributed by atoms with Gasteiger partial charge < -0.3 is 9.47 Å². The first-order valence-electron chi connectivity index (χ1n) is 8.82. The van der Waals surface area contributed by atoms with E-state index >= 15 is 0 Å². The molecule has 5 nitrogen and oxygen atoms in total. The highest BCUT2D eigenvalue weighted by Gasteiger charge is 2.12. The second kappa shape index (κ2) is 10.2. The summed E-state index contributed by atoms with van der Waals surface area (Å²) in [5, 5.41) is 0.320. The molecule has 3 rings (SSSR count). The molecule has 0 saturated carbocycles. The maximum atomic E-state index is 14.7. The van der Waals surface area contributed by atoms with Crippen LogP contribution in [0, 0.1) is 0 Å². The highest BCUT2D eigenvalue weighted by molar-refractivity contribution is 6.38. The molecule has 0 bridgehead atoms. The van der Waals surface area contributed by atoms with Crippen LogP contribution in [-0.2, 0) is 6.42 Å². The van der Waals surface area contributed by atoms with E-state index in [0.29, 0.717) is 18.1 Å². The number of aromatic nitrogens is 2. The molecule has 0 unspecified atom stereocenters. The molecule has 2 aromatic heterocycles. The van der Waals surface area contributed by atoms with Crippen molar-refractivity contribution in [2.75, 3.05) is 13.7 Å². The Morgan fingerprint density at radius 1 is 1.07 bits per heavy atom. The first kappa shape index (κ1) is 21.0. The predicted octanol–water partition coefficient (Wildman–Crippen LogP) is 5.85. The van der Waals surface area contributed by atoms with Crippen LogP contribution in [-0.4, -0.2) is 29.7 Å². The summed E-state index contributed by atoms with van der Waals surface area (Å²) < 4.78 is 25.8. The van der Waals surface area contributed by atoms with Crippen LogP contribution in [0.2, 0.25) is 10.0 Å². The Balaban J connectivity index is 1.73. The molecule has 8 heteroatoms. The molecular weight excluding hydrogens is 416 g/mol. The van der Waals surface area contributed by atoms with Crippen molar-refractivity contribution in [1.82, 2.24) is 9.97 Å². The molecule has 0 radical (unpaired) electrons. The van der Waals surface area contributed by atoms with E-state index in [9.17, 15) is 4.39 Å². The Morgan fingerprint density at radius 2 is 1.86 bits per heavy atom. The van der Waals surface area contributed by atoms with Gasteiger partial charge in [0.05, 0.1) is 23.8 Å². The van der Waals surface area contributed by atoms with E-state index in [2.05, 4.69) is 15.0 Å². The molecule has 0 atom stereocenters. The second-order valence-electron chi connectivity index (χ2n) is 6.03. The summed E-state index contributed by atoms with van der Waals surface area (Å²) in [6, 6.07) is 8.60. The van der Waals surface area contributed by atoms with E-state index in [4.69, 9.17) is 32.7 Å². The van der Waals surface area contributed by atoms with Gasteiger partial charge in [-0.2, -0.15) is 4.39 Å². The summed E-state index contributed by atoms with van der Waals surface area (Å²) in [6.07, 6.45) is 7.86. The smallest absolute Gasteiger partial charge is 0.220 e. The number of aliphatic imine (C=N–C) groups is 1. The third-order valence-electron chi connectivity index (χ3n) is 4.03. The minimum atomic E-state index is -0.747. The zero-order chi connectivity index (χ0) is 20.6. The Bertz CT molecular complexity index is 980. The fraction of sp³-hybridized carbons (Fsp3) is 0.190. The minimum absolute atomic E-state index is 0.121. The molecule has 150 valence electrons. The maximum absolute atomic E-state index is 14.7. The number of nitrogens with zero attached hydrogens (tertiary/aromatic N) is 3. The zero-order valence-corrected chi connectivity index (χ0v) is 17.1. The van der Waals surface area contributed by atoms with Gasteiger partial charge in [-0.25, -0.2) is 4.99 Å². The topological polar surface area (TPSA) is 56.6 Å². The van der Waals surface area contributed by atoms with Crippen molar-refractivity contribution >= 4 is 34.9 Å². The van der Waals surface area contributed by atoms with E-state index < -0.39 is 5.97 Å². The highest BCUT2D eigenvalue weighted by atomic mass is 35.5. The van der Waals surface area contributed by atoms with E-state index in [1.54, 1.807) is 18.3 Å². The largest absolute Gasteiger partial charge is 0.493 e. The van der Waals surface area contributed by atoms with Crippen molar-refractivity contribution in [3.63, 3.8) is 0 Å². The van der Waals surface area contributed by atoms with Crippen LogP contribution in [0.15, 0.2) is 60.1 Å². The molecule has 0 spiro atoms. The van der Waals surface area contributed by atoms with E-state index in [1.165, 1.54) is 25.6 Å². The summed E-state index contributed by atoms with van der Waals surface area (Å²) in [5.74, 6) is 0.180. The second-order valence-corrected chi connectivity index (χ2v) is 6.85. The molecule has 0 aliphatic heterocycles. The molecular formula is C21H18Cl2FN3O2. The lowest BCUT2D eigenvalue weighted by Crippen LogP contribution is -2.03. The van der Waals surface area contributed by atoms with Gasteiger partial charge in [0.15, 0.2) is 11.5 Å². The van der Waals surface area contributed by atoms with Crippen LogP contribution in [0.25, 0.3) is 0 Å². The summed E-state index contributed by atoms with van der Waals surface area (Å²) in [6.45, 7) is 0.440. The number of rotatable bonds is 8. The van der Waals surface area contributed by atoms with Crippen molar-refractivity contribution in [3.8, 4) is 11.5 Å². The normalized spacial score (nSPS) is 11.4. The van der Waals surface area contributed by atoms with Gasteiger partial charge in [0.25, 0.3) is 0 Å². The van der Waals surface area contributed by atoms with E-state index in [1.807, 2.05) is 18.3 Å². The third kappa shape index (κ3) is 5.65. The highest BCUT2D eigenvalue weighted by Crippen LogP contribution is 2.33. The van der Waals surface area contributed by atoms with Gasteiger partial charge in [0.2, 0.25) is 5.97 Å². The quantitative estimate of drug-likeness (QED) is 0.330. The van der Waals surface area contributed by atoms with Gasteiger partial charge in [0.1, 0.15) is 5.69 Å². The molecule has 0 fully saturated rings. The number of hydrogen-bond acceptors (Lipinski definition) is 5. The Labute approximate surface area is 178 Å². The summed E-state index contributed by atoms with van der Waals surface area (Å²) in [5.41, 5.74) is 1.47. The van der Waals surface area contributed by atoms with Crippen molar-refractivity contribution in [2.24, 2.45) is 4.99 Å². The van der Waals surface area contributed by atoms with Gasteiger partial charge in [0, 0.05) is 30.4 Å². The lowest BCUT2D eigenvalue weighted by Gasteiger charge is -2.12. The molecule has 0 aliphatic rings. The number of ether oxygens (including phenoxy) is 2. The standard InChI is InChI=1S/C21H18Cl2FN3O2/c1-28-18-7-6-15(21(24)27-20-16(22)12-26-13-17(20)23)10-19(18)29-9-3-5-14-4-2-8-25-11-14/h2,4,6-8,10-13H,3,5,9H2,1H3. The number of pyridine rings is 2. The lowest BCUT2D eigenvalue weighted by atomic mass is 10.1. The Hall–Kier alpha value is -2.70. The Morgan fingerprint density at radius 3 is 2.55 bits per heavy atom. The van der Waals surface area contributed by atoms with Crippen molar-refractivity contribution in [3.05, 3.63) is 76.3 Å². The summed E-state index contributed by atoms with van der Waals surface area (Å²) in [7, 11) is 1.53. The van der Waals surface area contributed by atoms with Gasteiger partial charge >= 0.3 is 0 Å². The van der Waals surface area contributed by atoms with Crippen LogP contribution >= 0.6 is 23.2 Å². The zero-order valence-electron chi connectivity index (χ0n) is 15.6. The number of halogens is 3. The number of methoxy groups -OCH3 is 1. The van der Waals surface area contributed by atoms with Crippen molar-refractivity contribution in [2.45, 2.75) is 12.8 Å². The lowest BCUT2D eigenvalue weighted by molar-refractivity contribution is 0.289. The van der Waals surface area contributed by atoms with E-state index in [0.717, 1.165) is 18.4 Å². The van der Waals surface area contributed by atoms with Gasteiger partial charge in [-0.15, -0.1) is 0 Å². The first-order chi connectivity index (χ1) is 14.1. The minimum Gasteiger partial charge on any atom is -0.493 e. The molecule has 29 heavy (non-hydrogen) atoms. The summed E-state index contributed by atoms with van der Waals surface area (Å²) in [4.78, 5) is 11.8. The Kier molecular flexibility index (Phi) is 7.38. The SMILES string of the molecule is COc1ccc(C(F)=Nc2c(Cl)cncc2Cl)cc1OCCCc1cccnc1. The van der Waals surface area contributed by atoms with Gasteiger partial charge in [-0.1, -0.05) is 29.3 Å². The fourth-order valence-corrected chi connectivity index (χ4v) is 3.05. The van der Waals surface area contributed by atoms with Crippen LogP contribution in [0.1, 0.15) is 17.5 Å². The monoisotopic (exact) mass is 433 g/mol. The molecule has 0 N–H and O–H groups in total. The number of benzene rings is 1. The van der Waals surface area contributed by atoms with Crippen LogP contribution in [0.3, 0.4) is 0 Å². The average molecular weight is 434 g/mol. The number of aryl methyl sites for hydroxylation is 1. The molecule has 0 saturated heterocycles. The molecule has 3 aromatic rings. The predicted molar refractivity (Wildman–Crippen MR) is 113 cm³/mol. The fourth-order valence-electron chi connectivity index (χ4n) is 2.60. The molecule has 2 heterocycles. The van der Waals surface area contributed by atoms with Crippen LogP contribution in [0.5, 0.6) is 11.5 Å². The van der Waals surface area contributed by atoms with Crippen molar-refractivity contribution in [1.29, 1.82) is 0 Å². The van der Waals surface area contributed by atoms with Crippen molar-refractivity contribution < 1.29 is 13.9 Å². The first-order valence-corrected chi connectivity index (χ1v) is 9.57. The van der Waals surface area contributed by atoms with Gasteiger partial charge in [-0.3, -0.25) is 9.97 Å².